The second-order valence-corrected chi connectivity index (χ2v) is 12.9. The Bertz CT molecular complexity index is 2590. The summed E-state index contributed by atoms with van der Waals surface area (Å²) < 4.78 is 6.54. The molecule has 1 atom stereocenters. The average Bonchev–Trinajstić information content (AvgIpc) is 3.57. The van der Waals surface area contributed by atoms with Gasteiger partial charge in [-0.25, -0.2) is 9.97 Å². The molecule has 9 rings (SSSR count). The Kier molecular flexibility index (Phi) is 7.71. The van der Waals surface area contributed by atoms with Gasteiger partial charge < -0.3 is 4.42 Å². The molecule has 0 spiro atoms. The van der Waals surface area contributed by atoms with Crippen molar-refractivity contribution in [2.24, 2.45) is 0 Å². The van der Waals surface area contributed by atoms with Crippen LogP contribution in [-0.2, 0) is 6.42 Å². The summed E-state index contributed by atoms with van der Waals surface area (Å²) in [6.07, 6.45) is 1.79. The van der Waals surface area contributed by atoms with Gasteiger partial charge in [0, 0.05) is 33.2 Å². The van der Waals surface area contributed by atoms with E-state index >= 15 is 0 Å². The molecule has 50 heavy (non-hydrogen) atoms. The molecule has 7 aromatic carbocycles. The fraction of sp³-hybridized carbons (Fsp3) is 0.0638. The van der Waals surface area contributed by atoms with E-state index in [0.717, 1.165) is 62.5 Å². The fourth-order valence-electron chi connectivity index (χ4n) is 7.33. The molecule has 0 saturated heterocycles. The maximum absolute atomic E-state index is 6.54. The van der Waals surface area contributed by atoms with Gasteiger partial charge in [-0.05, 0) is 64.9 Å². The van der Waals surface area contributed by atoms with Gasteiger partial charge in [0.2, 0.25) is 0 Å². The minimum Gasteiger partial charge on any atom is -0.456 e. The lowest BCUT2D eigenvalue weighted by Gasteiger charge is -2.20. The van der Waals surface area contributed by atoms with Crippen LogP contribution in [-0.4, -0.2) is 9.97 Å². The highest BCUT2D eigenvalue weighted by Crippen LogP contribution is 2.40. The number of rotatable bonds is 8. The lowest BCUT2D eigenvalue weighted by atomic mass is 9.85. The van der Waals surface area contributed by atoms with Gasteiger partial charge in [0.05, 0.1) is 11.2 Å². The highest BCUT2D eigenvalue weighted by Gasteiger charge is 2.20. The van der Waals surface area contributed by atoms with Crippen LogP contribution in [0.15, 0.2) is 180 Å². The first kappa shape index (κ1) is 29.8. The molecule has 0 aliphatic carbocycles. The third kappa shape index (κ3) is 5.63. The van der Waals surface area contributed by atoms with E-state index < -0.39 is 0 Å². The van der Waals surface area contributed by atoms with Gasteiger partial charge in [-0.15, -0.1) is 0 Å². The fourth-order valence-corrected chi connectivity index (χ4v) is 7.33. The number of furan rings is 1. The van der Waals surface area contributed by atoms with Gasteiger partial charge in [0.1, 0.15) is 11.2 Å². The first-order chi connectivity index (χ1) is 24.8. The molecule has 0 aliphatic rings. The lowest BCUT2D eigenvalue weighted by molar-refractivity contribution is 0.666. The summed E-state index contributed by atoms with van der Waals surface area (Å²) in [6.45, 7) is 0. The average molecular weight is 643 g/mol. The van der Waals surface area contributed by atoms with Gasteiger partial charge in [-0.1, -0.05) is 152 Å². The summed E-state index contributed by atoms with van der Waals surface area (Å²) in [7, 11) is 0. The van der Waals surface area contributed by atoms with Crippen LogP contribution in [0.2, 0.25) is 0 Å². The van der Waals surface area contributed by atoms with E-state index in [1.165, 1.54) is 27.8 Å². The first-order valence-electron chi connectivity index (χ1n) is 17.3. The summed E-state index contributed by atoms with van der Waals surface area (Å²) >= 11 is 0. The van der Waals surface area contributed by atoms with Crippen molar-refractivity contribution in [1.82, 2.24) is 9.97 Å². The van der Waals surface area contributed by atoms with E-state index in [4.69, 9.17) is 14.4 Å². The van der Waals surface area contributed by atoms with Crippen LogP contribution >= 0.6 is 0 Å². The molecule has 0 N–H and O–H groups in total. The Morgan fingerprint density at radius 3 is 1.92 bits per heavy atom. The van der Waals surface area contributed by atoms with Crippen LogP contribution in [0.3, 0.4) is 0 Å². The SMILES string of the molecule is c1ccc(-c2cccc(C(CCc3cc(-c4nc(-c5ccccc5)c5ccccc5n4)c4c(c3)oc3ccccc34)c3ccccc3)c2)cc1. The van der Waals surface area contributed by atoms with E-state index in [0.29, 0.717) is 5.82 Å². The van der Waals surface area contributed by atoms with Crippen molar-refractivity contribution in [1.29, 1.82) is 0 Å². The molecule has 0 fully saturated rings. The number of hydrogen-bond acceptors (Lipinski definition) is 3. The monoisotopic (exact) mass is 642 g/mol. The van der Waals surface area contributed by atoms with E-state index in [1.807, 2.05) is 24.3 Å². The highest BCUT2D eigenvalue weighted by molar-refractivity contribution is 6.12. The number of hydrogen-bond donors (Lipinski definition) is 0. The Morgan fingerprint density at radius 1 is 0.480 bits per heavy atom. The second-order valence-electron chi connectivity index (χ2n) is 12.9. The number of benzene rings is 7. The zero-order valence-electron chi connectivity index (χ0n) is 27.5. The van der Waals surface area contributed by atoms with Crippen molar-refractivity contribution in [2.75, 3.05) is 0 Å². The zero-order chi connectivity index (χ0) is 33.3. The maximum Gasteiger partial charge on any atom is 0.161 e. The molecule has 2 aromatic heterocycles. The Hall–Kier alpha value is -6.32. The molecule has 0 aliphatic heterocycles. The molecule has 3 nitrogen and oxygen atoms in total. The topological polar surface area (TPSA) is 38.9 Å². The third-order valence-electron chi connectivity index (χ3n) is 9.75. The molecule has 238 valence electrons. The summed E-state index contributed by atoms with van der Waals surface area (Å²) in [4.78, 5) is 10.5. The molecule has 2 heterocycles. The Labute approximate surface area is 291 Å². The summed E-state index contributed by atoms with van der Waals surface area (Å²) in [5.74, 6) is 0.924. The third-order valence-corrected chi connectivity index (χ3v) is 9.75. The normalized spacial score (nSPS) is 12.1. The predicted molar refractivity (Wildman–Crippen MR) is 206 cm³/mol. The summed E-state index contributed by atoms with van der Waals surface area (Å²) in [6, 6.07) is 62.0. The quantitative estimate of drug-likeness (QED) is 0.166. The number of aromatic nitrogens is 2. The molecular formula is C47H34N2O. The van der Waals surface area contributed by atoms with E-state index in [1.54, 1.807) is 0 Å². The summed E-state index contributed by atoms with van der Waals surface area (Å²) in [5, 5.41) is 3.16. The van der Waals surface area contributed by atoms with Crippen molar-refractivity contribution < 1.29 is 4.42 Å². The molecule has 3 heteroatoms. The Balaban J connectivity index is 1.17. The predicted octanol–water partition coefficient (Wildman–Crippen LogP) is 12.3. The minimum absolute atomic E-state index is 0.219. The van der Waals surface area contributed by atoms with Gasteiger partial charge in [-0.3, -0.25) is 0 Å². The van der Waals surface area contributed by atoms with Crippen LogP contribution in [0, 0.1) is 0 Å². The number of fused-ring (bicyclic) bond motifs is 4. The molecule has 9 aromatic rings. The van der Waals surface area contributed by atoms with Crippen LogP contribution < -0.4 is 0 Å². The van der Waals surface area contributed by atoms with E-state index in [9.17, 15) is 0 Å². The molecule has 0 saturated carbocycles. The molecule has 0 amide bonds. The lowest BCUT2D eigenvalue weighted by Crippen LogP contribution is -2.04. The summed E-state index contributed by atoms with van der Waals surface area (Å²) in [5.41, 5.74) is 11.9. The van der Waals surface area contributed by atoms with E-state index in [2.05, 4.69) is 152 Å². The van der Waals surface area contributed by atoms with Crippen molar-refractivity contribution >= 4 is 32.8 Å². The zero-order valence-corrected chi connectivity index (χ0v) is 27.5. The van der Waals surface area contributed by atoms with Gasteiger partial charge >= 0.3 is 0 Å². The first-order valence-corrected chi connectivity index (χ1v) is 17.3. The van der Waals surface area contributed by atoms with Crippen LogP contribution in [0.25, 0.3) is 66.6 Å². The number of nitrogens with zero attached hydrogens (tertiary/aromatic N) is 2. The van der Waals surface area contributed by atoms with Crippen LogP contribution in [0.5, 0.6) is 0 Å². The molecule has 1 unspecified atom stereocenters. The minimum atomic E-state index is 0.219. The van der Waals surface area contributed by atoms with E-state index in [-0.39, 0.29) is 5.92 Å². The van der Waals surface area contributed by atoms with Crippen molar-refractivity contribution in [3.8, 4) is 33.8 Å². The second kappa shape index (κ2) is 12.9. The van der Waals surface area contributed by atoms with Gasteiger partial charge in [0.25, 0.3) is 0 Å². The van der Waals surface area contributed by atoms with Crippen LogP contribution in [0.4, 0.5) is 0 Å². The number of para-hydroxylation sites is 2. The largest absolute Gasteiger partial charge is 0.456 e. The van der Waals surface area contributed by atoms with Gasteiger partial charge in [-0.2, -0.15) is 0 Å². The molecule has 0 bridgehead atoms. The van der Waals surface area contributed by atoms with Crippen LogP contribution in [0.1, 0.15) is 29.0 Å². The highest BCUT2D eigenvalue weighted by atomic mass is 16.3. The van der Waals surface area contributed by atoms with Crippen molar-refractivity contribution in [3.05, 3.63) is 193 Å². The standard InChI is InChI=1S/C47H34N2O/c1-4-15-33(16-5-1)36-21-14-22-37(31-36)38(34-17-6-2-7-18-34)28-27-32-29-41(45-40-24-11-13-26-43(40)50-44(45)30-32)47-48-42-25-12-10-23-39(42)46(49-47)35-19-8-3-9-20-35/h1-26,29-31,38H,27-28H2. The smallest absolute Gasteiger partial charge is 0.161 e. The maximum atomic E-state index is 6.54. The Morgan fingerprint density at radius 2 is 1.12 bits per heavy atom. The molecular weight excluding hydrogens is 609 g/mol. The van der Waals surface area contributed by atoms with Crippen molar-refractivity contribution in [3.63, 3.8) is 0 Å². The van der Waals surface area contributed by atoms with Gasteiger partial charge in [0.15, 0.2) is 5.82 Å². The number of aryl methyl sites for hydroxylation is 1. The molecule has 0 radical (unpaired) electrons. The van der Waals surface area contributed by atoms with Crippen molar-refractivity contribution in [2.45, 2.75) is 18.8 Å².